The lowest BCUT2D eigenvalue weighted by Gasteiger charge is -2.35. The fourth-order valence-corrected chi connectivity index (χ4v) is 4.14. The first-order valence-electron chi connectivity index (χ1n) is 9.99. The van der Waals surface area contributed by atoms with Gasteiger partial charge in [0.15, 0.2) is 5.11 Å². The summed E-state index contributed by atoms with van der Waals surface area (Å²) in [6.45, 7) is 11.7. The largest absolute Gasteiger partial charge is 0.363 e. The van der Waals surface area contributed by atoms with Gasteiger partial charge in [0.2, 0.25) is 5.95 Å². The minimum Gasteiger partial charge on any atom is -0.363 e. The van der Waals surface area contributed by atoms with Crippen LogP contribution >= 0.6 is 12.2 Å². The summed E-state index contributed by atoms with van der Waals surface area (Å²) in [6, 6.07) is 2.16. The van der Waals surface area contributed by atoms with Gasteiger partial charge in [-0.3, -0.25) is 0 Å². The van der Waals surface area contributed by atoms with Crippen LogP contribution in [0.5, 0.6) is 0 Å². The molecule has 0 bridgehead atoms. The molecule has 0 unspecified atom stereocenters. The van der Waals surface area contributed by atoms with Crippen molar-refractivity contribution < 1.29 is 0 Å². The van der Waals surface area contributed by atoms with Gasteiger partial charge in [-0.05, 0) is 56.7 Å². The molecule has 1 aromatic heterocycles. The molecule has 1 aromatic rings. The first-order chi connectivity index (χ1) is 12.5. The molecule has 0 aromatic carbocycles. The molecule has 0 aliphatic carbocycles. The van der Waals surface area contributed by atoms with Gasteiger partial charge >= 0.3 is 0 Å². The Morgan fingerprint density at radius 2 is 1.62 bits per heavy atom. The van der Waals surface area contributed by atoms with Crippen LogP contribution in [0.1, 0.15) is 46.5 Å². The first kappa shape index (κ1) is 19.1. The van der Waals surface area contributed by atoms with Crippen LogP contribution in [-0.4, -0.2) is 47.8 Å². The molecular weight excluding hydrogens is 344 g/mol. The quantitative estimate of drug-likeness (QED) is 0.782. The highest BCUT2D eigenvalue weighted by Gasteiger charge is 2.23. The molecule has 2 aliphatic heterocycles. The molecule has 0 amide bonds. The van der Waals surface area contributed by atoms with E-state index in [1.54, 1.807) is 0 Å². The second-order valence-electron chi connectivity index (χ2n) is 7.78. The van der Waals surface area contributed by atoms with Crippen molar-refractivity contribution in [2.24, 2.45) is 11.8 Å². The lowest BCUT2D eigenvalue weighted by Crippen LogP contribution is -2.37. The van der Waals surface area contributed by atoms with Gasteiger partial charge < -0.3 is 20.4 Å². The SMILES string of the molecule is CCNC(=S)Nc1nc(N2CCC[C@@H](C)C2)cc(N2CCC[C@H](C)C2)n1. The van der Waals surface area contributed by atoms with E-state index in [0.29, 0.717) is 22.9 Å². The fraction of sp³-hybridized carbons (Fsp3) is 0.737. The third-order valence-corrected chi connectivity index (χ3v) is 5.47. The second kappa shape index (κ2) is 8.84. The molecule has 2 atom stereocenters. The highest BCUT2D eigenvalue weighted by atomic mass is 32.1. The molecule has 6 nitrogen and oxygen atoms in total. The van der Waals surface area contributed by atoms with E-state index in [2.05, 4.69) is 40.3 Å². The number of nitrogens with zero attached hydrogens (tertiary/aromatic N) is 4. The second-order valence-corrected chi connectivity index (χ2v) is 8.19. The summed E-state index contributed by atoms with van der Waals surface area (Å²) in [4.78, 5) is 14.3. The number of anilines is 3. The van der Waals surface area contributed by atoms with Crippen molar-refractivity contribution in [3.8, 4) is 0 Å². The van der Waals surface area contributed by atoms with Crippen LogP contribution in [0, 0.1) is 11.8 Å². The number of thiocarbonyl (C=S) groups is 1. The summed E-state index contributed by atoms with van der Waals surface area (Å²) in [6.07, 6.45) is 5.04. The Labute approximate surface area is 162 Å². The molecule has 2 saturated heterocycles. The van der Waals surface area contributed by atoms with Gasteiger partial charge in [-0.25, -0.2) is 0 Å². The van der Waals surface area contributed by atoms with Crippen molar-refractivity contribution in [2.45, 2.75) is 46.5 Å². The zero-order chi connectivity index (χ0) is 18.5. The van der Waals surface area contributed by atoms with E-state index in [-0.39, 0.29) is 0 Å². The van der Waals surface area contributed by atoms with E-state index < -0.39 is 0 Å². The minimum absolute atomic E-state index is 0.578. The molecule has 3 rings (SSSR count). The standard InChI is InChI=1S/C19H32N6S/c1-4-20-19(26)23-18-21-16(24-9-5-7-14(2)12-24)11-17(22-18)25-10-6-8-15(3)13-25/h11,14-15H,4-10,12-13H2,1-3H3,(H2,20,21,22,23,26)/t14-,15+. The van der Waals surface area contributed by atoms with Crippen molar-refractivity contribution >= 4 is 34.9 Å². The zero-order valence-electron chi connectivity index (χ0n) is 16.3. The van der Waals surface area contributed by atoms with Gasteiger partial charge in [-0.15, -0.1) is 0 Å². The maximum Gasteiger partial charge on any atom is 0.232 e. The molecule has 2 N–H and O–H groups in total. The van der Waals surface area contributed by atoms with Crippen LogP contribution in [0.25, 0.3) is 0 Å². The Morgan fingerprint density at radius 3 is 2.08 bits per heavy atom. The summed E-state index contributed by atoms with van der Waals surface area (Å²) < 4.78 is 0. The van der Waals surface area contributed by atoms with E-state index in [9.17, 15) is 0 Å². The third kappa shape index (κ3) is 4.96. The van der Waals surface area contributed by atoms with E-state index in [1.165, 1.54) is 25.7 Å². The molecular formula is C19H32N6S. The van der Waals surface area contributed by atoms with Crippen molar-refractivity contribution in [1.82, 2.24) is 15.3 Å². The van der Waals surface area contributed by atoms with Crippen LogP contribution < -0.4 is 20.4 Å². The molecule has 0 radical (unpaired) electrons. The summed E-state index contributed by atoms with van der Waals surface area (Å²) in [5.41, 5.74) is 0. The van der Waals surface area contributed by atoms with Gasteiger partial charge in [0.25, 0.3) is 0 Å². The van der Waals surface area contributed by atoms with Crippen molar-refractivity contribution in [3.05, 3.63) is 6.07 Å². The topological polar surface area (TPSA) is 56.3 Å². The lowest BCUT2D eigenvalue weighted by molar-refractivity contribution is 0.441. The van der Waals surface area contributed by atoms with E-state index in [4.69, 9.17) is 22.2 Å². The molecule has 144 valence electrons. The average molecular weight is 377 g/mol. The minimum atomic E-state index is 0.578. The third-order valence-electron chi connectivity index (χ3n) is 5.22. The normalized spacial score (nSPS) is 23.7. The van der Waals surface area contributed by atoms with Crippen LogP contribution in [0.3, 0.4) is 0 Å². The molecule has 0 spiro atoms. The Kier molecular flexibility index (Phi) is 6.51. The Bertz CT molecular complexity index is 582. The van der Waals surface area contributed by atoms with Crippen molar-refractivity contribution in [1.29, 1.82) is 0 Å². The lowest BCUT2D eigenvalue weighted by atomic mass is 10.00. The van der Waals surface area contributed by atoms with Gasteiger partial charge in [-0.1, -0.05) is 13.8 Å². The number of hydrogen-bond acceptors (Lipinski definition) is 5. The van der Waals surface area contributed by atoms with Crippen LogP contribution in [0.2, 0.25) is 0 Å². The van der Waals surface area contributed by atoms with Crippen LogP contribution in [0.4, 0.5) is 17.6 Å². The summed E-state index contributed by atoms with van der Waals surface area (Å²) in [7, 11) is 0. The predicted octanol–water partition coefficient (Wildman–Crippen LogP) is 3.26. The first-order valence-corrected chi connectivity index (χ1v) is 10.4. The molecule has 0 saturated carbocycles. The highest BCUT2D eigenvalue weighted by molar-refractivity contribution is 7.80. The molecule has 7 heteroatoms. The molecule has 2 fully saturated rings. The number of hydrogen-bond donors (Lipinski definition) is 2. The van der Waals surface area contributed by atoms with Gasteiger partial charge in [-0.2, -0.15) is 9.97 Å². The summed E-state index contributed by atoms with van der Waals surface area (Å²) >= 11 is 5.34. The van der Waals surface area contributed by atoms with Crippen molar-refractivity contribution in [2.75, 3.05) is 47.8 Å². The average Bonchev–Trinajstić information content (AvgIpc) is 2.61. The van der Waals surface area contributed by atoms with E-state index >= 15 is 0 Å². The number of piperidine rings is 2. The van der Waals surface area contributed by atoms with E-state index in [0.717, 1.165) is 44.4 Å². The number of aromatic nitrogens is 2. The molecule has 3 heterocycles. The van der Waals surface area contributed by atoms with E-state index in [1.807, 2.05) is 6.92 Å². The molecule has 2 aliphatic rings. The monoisotopic (exact) mass is 376 g/mol. The maximum absolute atomic E-state index is 5.34. The number of nitrogens with one attached hydrogen (secondary N) is 2. The maximum atomic E-state index is 5.34. The highest BCUT2D eigenvalue weighted by Crippen LogP contribution is 2.28. The zero-order valence-corrected chi connectivity index (χ0v) is 17.1. The van der Waals surface area contributed by atoms with Gasteiger partial charge in [0, 0.05) is 38.8 Å². The Balaban J connectivity index is 1.86. The van der Waals surface area contributed by atoms with Crippen LogP contribution in [-0.2, 0) is 0 Å². The van der Waals surface area contributed by atoms with Crippen LogP contribution in [0.15, 0.2) is 6.07 Å². The van der Waals surface area contributed by atoms with Gasteiger partial charge in [0.05, 0.1) is 0 Å². The Morgan fingerprint density at radius 1 is 1.08 bits per heavy atom. The number of rotatable bonds is 4. The Hall–Kier alpha value is -1.63. The smallest absolute Gasteiger partial charge is 0.232 e. The fourth-order valence-electron chi connectivity index (χ4n) is 3.90. The summed E-state index contributed by atoms with van der Waals surface area (Å²) in [5, 5.41) is 6.87. The predicted molar refractivity (Wildman–Crippen MR) is 113 cm³/mol. The summed E-state index contributed by atoms with van der Waals surface area (Å²) in [5.74, 6) is 4.04. The molecule has 26 heavy (non-hydrogen) atoms. The van der Waals surface area contributed by atoms with Gasteiger partial charge in [0.1, 0.15) is 11.6 Å². The van der Waals surface area contributed by atoms with Crippen molar-refractivity contribution in [3.63, 3.8) is 0 Å².